The van der Waals surface area contributed by atoms with E-state index in [1.54, 1.807) is 0 Å². The van der Waals surface area contributed by atoms with Crippen LogP contribution in [0.1, 0.15) is 26.7 Å². The van der Waals surface area contributed by atoms with Crippen molar-refractivity contribution in [3.8, 4) is 0 Å². The Morgan fingerprint density at radius 1 is 1.33 bits per heavy atom. The Morgan fingerprint density at radius 3 is 2.56 bits per heavy atom. The molecule has 0 amide bonds. The van der Waals surface area contributed by atoms with E-state index in [0.29, 0.717) is 58.3 Å². The minimum absolute atomic E-state index is 0.207. The van der Waals surface area contributed by atoms with Crippen LogP contribution in [-0.2, 0) is 19.0 Å². The van der Waals surface area contributed by atoms with Gasteiger partial charge in [-0.1, -0.05) is 13.8 Å². The minimum Gasteiger partial charge on any atom is -0.463 e. The summed E-state index contributed by atoms with van der Waals surface area (Å²) >= 11 is 0. The largest absolute Gasteiger partial charge is 0.463 e. The highest BCUT2D eigenvalue weighted by molar-refractivity contribution is 5.77. The van der Waals surface area contributed by atoms with Gasteiger partial charge in [0.05, 0.1) is 12.0 Å². The monoisotopic (exact) mass is 259 g/mol. The van der Waals surface area contributed by atoms with Crippen LogP contribution in [-0.4, -0.2) is 45.5 Å². The van der Waals surface area contributed by atoms with Gasteiger partial charge in [-0.2, -0.15) is 0 Å². The molecule has 0 unspecified atom stereocenters. The number of hydrogen-bond acceptors (Lipinski definition) is 5. The molecular formula is C13H25NO4. The molecule has 2 N–H and O–H groups in total. The van der Waals surface area contributed by atoms with Crippen LogP contribution >= 0.6 is 0 Å². The van der Waals surface area contributed by atoms with Crippen LogP contribution in [0.5, 0.6) is 0 Å². The van der Waals surface area contributed by atoms with Crippen LogP contribution in [0.4, 0.5) is 0 Å². The van der Waals surface area contributed by atoms with Gasteiger partial charge < -0.3 is 19.9 Å². The molecule has 0 aromatic carbocycles. The van der Waals surface area contributed by atoms with Crippen molar-refractivity contribution in [2.75, 3.05) is 39.6 Å². The van der Waals surface area contributed by atoms with Gasteiger partial charge in [-0.15, -0.1) is 0 Å². The topological polar surface area (TPSA) is 70.8 Å². The van der Waals surface area contributed by atoms with Crippen molar-refractivity contribution in [2.24, 2.45) is 17.1 Å². The zero-order valence-electron chi connectivity index (χ0n) is 11.4. The molecule has 0 saturated carbocycles. The summed E-state index contributed by atoms with van der Waals surface area (Å²) in [5, 5.41) is 0. The molecule has 0 aliphatic carbocycles. The molecule has 0 aromatic rings. The maximum Gasteiger partial charge on any atom is 0.313 e. The van der Waals surface area contributed by atoms with E-state index in [-0.39, 0.29) is 5.97 Å². The highest BCUT2D eigenvalue weighted by Crippen LogP contribution is 2.30. The maximum atomic E-state index is 12.0. The maximum absolute atomic E-state index is 12.0. The Hall–Kier alpha value is -0.650. The molecule has 1 aliphatic rings. The molecule has 0 atom stereocenters. The third-order valence-corrected chi connectivity index (χ3v) is 3.19. The fourth-order valence-corrected chi connectivity index (χ4v) is 1.92. The van der Waals surface area contributed by atoms with Crippen LogP contribution in [0.2, 0.25) is 0 Å². The summed E-state index contributed by atoms with van der Waals surface area (Å²) in [5.74, 6) is 0.285. The van der Waals surface area contributed by atoms with Crippen LogP contribution in [0.3, 0.4) is 0 Å². The summed E-state index contributed by atoms with van der Waals surface area (Å²) in [7, 11) is 0. The highest BCUT2D eigenvalue weighted by atomic mass is 16.6. The van der Waals surface area contributed by atoms with Gasteiger partial charge in [-0.05, 0) is 18.8 Å². The standard InChI is InChI=1S/C13H25NO4/c1-11(2)9-17-7-8-18-12(15)13(10-14)3-5-16-6-4-13/h11H,3-10,14H2,1-2H3. The number of hydrogen-bond donors (Lipinski definition) is 1. The lowest BCUT2D eigenvalue weighted by atomic mass is 9.80. The molecule has 5 nitrogen and oxygen atoms in total. The first-order valence-electron chi connectivity index (χ1n) is 6.63. The number of esters is 1. The third kappa shape index (κ3) is 4.55. The van der Waals surface area contributed by atoms with Crippen molar-refractivity contribution in [1.82, 2.24) is 0 Å². The van der Waals surface area contributed by atoms with E-state index in [9.17, 15) is 4.79 Å². The summed E-state index contributed by atoms with van der Waals surface area (Å²) in [5.41, 5.74) is 5.18. The van der Waals surface area contributed by atoms with Crippen molar-refractivity contribution in [3.05, 3.63) is 0 Å². The van der Waals surface area contributed by atoms with Gasteiger partial charge in [0.2, 0.25) is 0 Å². The van der Waals surface area contributed by atoms with Gasteiger partial charge in [0.25, 0.3) is 0 Å². The van der Waals surface area contributed by atoms with E-state index in [4.69, 9.17) is 19.9 Å². The Balaban J connectivity index is 2.25. The zero-order valence-corrected chi connectivity index (χ0v) is 11.4. The molecule has 1 heterocycles. The summed E-state index contributed by atoms with van der Waals surface area (Å²) in [4.78, 5) is 12.0. The number of ether oxygens (including phenoxy) is 3. The Bertz CT molecular complexity index is 249. The Morgan fingerprint density at radius 2 is 2.00 bits per heavy atom. The number of nitrogens with two attached hydrogens (primary N) is 1. The van der Waals surface area contributed by atoms with Gasteiger partial charge >= 0.3 is 5.97 Å². The van der Waals surface area contributed by atoms with Gasteiger partial charge in [0.1, 0.15) is 6.61 Å². The zero-order chi connectivity index (χ0) is 13.4. The molecule has 0 radical (unpaired) electrons. The van der Waals surface area contributed by atoms with E-state index >= 15 is 0 Å². The summed E-state index contributed by atoms with van der Waals surface area (Å²) < 4.78 is 15.9. The predicted octanol–water partition coefficient (Wildman–Crippen LogP) is 0.958. The van der Waals surface area contributed by atoms with Crippen LogP contribution in [0, 0.1) is 11.3 Å². The molecule has 0 aromatic heterocycles. The van der Waals surface area contributed by atoms with Crippen LogP contribution in [0.15, 0.2) is 0 Å². The van der Waals surface area contributed by atoms with Crippen molar-refractivity contribution >= 4 is 5.97 Å². The first-order chi connectivity index (χ1) is 8.60. The smallest absolute Gasteiger partial charge is 0.313 e. The second-order valence-corrected chi connectivity index (χ2v) is 5.20. The lowest BCUT2D eigenvalue weighted by Gasteiger charge is -2.33. The summed E-state index contributed by atoms with van der Waals surface area (Å²) in [6, 6.07) is 0. The van der Waals surface area contributed by atoms with Crippen molar-refractivity contribution in [3.63, 3.8) is 0 Å². The van der Waals surface area contributed by atoms with Gasteiger partial charge in [-0.3, -0.25) is 4.79 Å². The Labute approximate surface area is 109 Å². The first-order valence-corrected chi connectivity index (χ1v) is 6.63. The SMILES string of the molecule is CC(C)COCCOC(=O)C1(CN)CCOCC1. The van der Waals surface area contributed by atoms with Gasteiger partial charge in [0.15, 0.2) is 0 Å². The molecule has 106 valence electrons. The molecule has 0 spiro atoms. The van der Waals surface area contributed by atoms with Gasteiger partial charge in [0, 0.05) is 26.4 Å². The molecule has 1 saturated heterocycles. The summed E-state index contributed by atoms with van der Waals surface area (Å²) in [6.07, 6.45) is 1.30. The van der Waals surface area contributed by atoms with Crippen LogP contribution < -0.4 is 5.73 Å². The lowest BCUT2D eigenvalue weighted by molar-refractivity contribution is -0.162. The minimum atomic E-state index is -0.545. The number of carbonyl (C=O) groups excluding carboxylic acids is 1. The second-order valence-electron chi connectivity index (χ2n) is 5.20. The number of carbonyl (C=O) groups is 1. The molecule has 1 aliphatic heterocycles. The van der Waals surface area contributed by atoms with Crippen molar-refractivity contribution < 1.29 is 19.0 Å². The molecule has 1 fully saturated rings. The lowest BCUT2D eigenvalue weighted by Crippen LogP contribution is -2.44. The molecule has 1 rings (SSSR count). The van der Waals surface area contributed by atoms with E-state index in [1.165, 1.54) is 0 Å². The molecular weight excluding hydrogens is 234 g/mol. The average Bonchev–Trinajstić information content (AvgIpc) is 2.38. The van der Waals surface area contributed by atoms with E-state index in [1.807, 2.05) is 0 Å². The molecule has 18 heavy (non-hydrogen) atoms. The van der Waals surface area contributed by atoms with Crippen molar-refractivity contribution in [2.45, 2.75) is 26.7 Å². The van der Waals surface area contributed by atoms with Gasteiger partial charge in [-0.25, -0.2) is 0 Å². The number of rotatable bonds is 7. The Kier molecular flexibility index (Phi) is 6.60. The fraction of sp³-hybridized carbons (Fsp3) is 0.923. The molecule has 0 bridgehead atoms. The molecule has 5 heteroatoms. The summed E-state index contributed by atoms with van der Waals surface area (Å²) in [6.45, 7) is 7.08. The van der Waals surface area contributed by atoms with E-state index in [0.717, 1.165) is 0 Å². The fourth-order valence-electron chi connectivity index (χ4n) is 1.92. The van der Waals surface area contributed by atoms with E-state index < -0.39 is 5.41 Å². The third-order valence-electron chi connectivity index (χ3n) is 3.19. The average molecular weight is 259 g/mol. The normalized spacial score (nSPS) is 18.9. The predicted molar refractivity (Wildman–Crippen MR) is 68.2 cm³/mol. The van der Waals surface area contributed by atoms with E-state index in [2.05, 4.69) is 13.8 Å². The second kappa shape index (κ2) is 7.71. The quantitative estimate of drug-likeness (QED) is 0.544. The van der Waals surface area contributed by atoms with Crippen molar-refractivity contribution in [1.29, 1.82) is 0 Å². The van der Waals surface area contributed by atoms with Crippen LogP contribution in [0.25, 0.3) is 0 Å². The first kappa shape index (κ1) is 15.4. The highest BCUT2D eigenvalue weighted by Gasteiger charge is 2.40.